The molecule has 78 valence electrons. The van der Waals surface area contributed by atoms with Crippen molar-refractivity contribution in [2.45, 2.75) is 18.6 Å². The van der Waals surface area contributed by atoms with E-state index in [2.05, 4.69) is 4.74 Å². The summed E-state index contributed by atoms with van der Waals surface area (Å²) in [6.07, 6.45) is 5.32. The summed E-state index contributed by atoms with van der Waals surface area (Å²) in [6.45, 7) is 2.39. The van der Waals surface area contributed by atoms with Crippen molar-refractivity contribution in [3.63, 3.8) is 0 Å². The molecule has 1 N–H and O–H groups in total. The Hall–Kier alpha value is -1.13. The topological polar surface area (TPSA) is 59.1 Å². The summed E-state index contributed by atoms with van der Waals surface area (Å²) in [5, 5.41) is 9.51. The van der Waals surface area contributed by atoms with Gasteiger partial charge < -0.3 is 14.6 Å². The number of ether oxygens (including phenoxy) is 2. The molecule has 1 fully saturated rings. The first-order chi connectivity index (χ1) is 6.58. The third kappa shape index (κ3) is 2.97. The number of carbonyl (C=O) groups is 1. The van der Waals surface area contributed by atoms with E-state index < -0.39 is 17.7 Å². The van der Waals surface area contributed by atoms with Crippen LogP contribution >= 0.6 is 0 Å². The summed E-state index contributed by atoms with van der Waals surface area (Å²) in [7, 11) is 1.31. The van der Waals surface area contributed by atoms with Crippen LogP contribution in [0.5, 0.6) is 0 Å². The standard InChI is InChI=1S/C10H14O4/c1-10(7-14-10)8(11)5-3-4-6-9(12)13-2/h3-6,8,11H,7H2,1-2H3/b5-3+,6-4+/t8-,10+/m1/s1. The highest BCUT2D eigenvalue weighted by Crippen LogP contribution is 2.30. The molecular weight excluding hydrogens is 184 g/mol. The van der Waals surface area contributed by atoms with E-state index in [4.69, 9.17) is 4.74 Å². The molecule has 0 spiro atoms. The van der Waals surface area contributed by atoms with E-state index in [1.165, 1.54) is 19.3 Å². The van der Waals surface area contributed by atoms with E-state index in [9.17, 15) is 9.90 Å². The van der Waals surface area contributed by atoms with Gasteiger partial charge in [-0.2, -0.15) is 0 Å². The second-order valence-electron chi connectivity index (χ2n) is 3.31. The fraction of sp³-hybridized carbons (Fsp3) is 0.500. The molecule has 4 nitrogen and oxygen atoms in total. The van der Waals surface area contributed by atoms with Gasteiger partial charge in [0.2, 0.25) is 0 Å². The fourth-order valence-corrected chi connectivity index (χ4v) is 0.860. The van der Waals surface area contributed by atoms with E-state index in [0.717, 1.165) is 0 Å². The maximum Gasteiger partial charge on any atom is 0.330 e. The predicted octanol–water partition coefficient (Wildman–Crippen LogP) is 0.422. The maximum absolute atomic E-state index is 10.6. The van der Waals surface area contributed by atoms with Gasteiger partial charge in [-0.05, 0) is 6.92 Å². The highest BCUT2D eigenvalue weighted by molar-refractivity contribution is 5.82. The molecule has 2 atom stereocenters. The summed E-state index contributed by atoms with van der Waals surface area (Å²) in [5.74, 6) is -0.418. The smallest absolute Gasteiger partial charge is 0.330 e. The van der Waals surface area contributed by atoms with Crippen LogP contribution in [0.2, 0.25) is 0 Å². The van der Waals surface area contributed by atoms with Crippen molar-refractivity contribution >= 4 is 5.97 Å². The Morgan fingerprint density at radius 3 is 2.79 bits per heavy atom. The third-order valence-corrected chi connectivity index (χ3v) is 2.06. The van der Waals surface area contributed by atoms with Crippen molar-refractivity contribution in [1.82, 2.24) is 0 Å². The predicted molar refractivity (Wildman–Crippen MR) is 50.7 cm³/mol. The first-order valence-electron chi connectivity index (χ1n) is 4.33. The molecule has 1 aliphatic heterocycles. The summed E-state index contributed by atoms with van der Waals surface area (Å²) >= 11 is 0. The summed E-state index contributed by atoms with van der Waals surface area (Å²) in [5.41, 5.74) is -0.435. The van der Waals surface area contributed by atoms with Gasteiger partial charge in [0.05, 0.1) is 13.7 Å². The average Bonchev–Trinajstić information content (AvgIpc) is 2.91. The van der Waals surface area contributed by atoms with Crippen molar-refractivity contribution in [3.8, 4) is 0 Å². The van der Waals surface area contributed by atoms with E-state index in [1.807, 2.05) is 6.92 Å². The lowest BCUT2D eigenvalue weighted by Crippen LogP contribution is -2.23. The van der Waals surface area contributed by atoms with Gasteiger partial charge in [0.25, 0.3) is 0 Å². The molecule has 1 saturated heterocycles. The Labute approximate surface area is 82.8 Å². The van der Waals surface area contributed by atoms with Gasteiger partial charge in [0.1, 0.15) is 11.7 Å². The summed E-state index contributed by atoms with van der Waals surface area (Å²) in [4.78, 5) is 10.6. The van der Waals surface area contributed by atoms with Gasteiger partial charge in [0, 0.05) is 6.08 Å². The van der Waals surface area contributed by atoms with Crippen molar-refractivity contribution in [1.29, 1.82) is 0 Å². The highest BCUT2D eigenvalue weighted by atomic mass is 16.6. The van der Waals surface area contributed by atoms with Crippen LogP contribution in [0, 0.1) is 0 Å². The van der Waals surface area contributed by atoms with Crippen molar-refractivity contribution in [2.24, 2.45) is 0 Å². The number of esters is 1. The minimum atomic E-state index is -0.634. The van der Waals surface area contributed by atoms with Crippen LogP contribution in [0.4, 0.5) is 0 Å². The lowest BCUT2D eigenvalue weighted by molar-refractivity contribution is -0.134. The monoisotopic (exact) mass is 198 g/mol. The van der Waals surface area contributed by atoms with Crippen LogP contribution in [0.15, 0.2) is 24.3 Å². The molecule has 1 heterocycles. The number of rotatable bonds is 4. The van der Waals surface area contributed by atoms with Crippen LogP contribution in [-0.4, -0.2) is 36.5 Å². The number of allylic oxidation sites excluding steroid dienone is 2. The maximum atomic E-state index is 10.6. The second-order valence-corrected chi connectivity index (χ2v) is 3.31. The zero-order valence-corrected chi connectivity index (χ0v) is 8.27. The number of carbonyl (C=O) groups excluding carboxylic acids is 1. The number of aliphatic hydroxyl groups excluding tert-OH is 1. The SMILES string of the molecule is COC(=O)/C=C/C=C/[C@@H](O)[C@]1(C)CO1. The minimum Gasteiger partial charge on any atom is -0.466 e. The molecule has 0 saturated carbocycles. The molecule has 1 rings (SSSR count). The number of hydrogen-bond acceptors (Lipinski definition) is 4. The zero-order valence-electron chi connectivity index (χ0n) is 8.27. The lowest BCUT2D eigenvalue weighted by Gasteiger charge is -2.08. The quantitative estimate of drug-likeness (QED) is 0.308. The number of methoxy groups -OCH3 is 1. The van der Waals surface area contributed by atoms with E-state index >= 15 is 0 Å². The second kappa shape index (κ2) is 4.39. The average molecular weight is 198 g/mol. The molecule has 4 heteroatoms. The largest absolute Gasteiger partial charge is 0.466 e. The molecule has 0 radical (unpaired) electrons. The molecule has 0 aromatic rings. The van der Waals surface area contributed by atoms with Crippen LogP contribution in [0.3, 0.4) is 0 Å². The van der Waals surface area contributed by atoms with E-state index in [-0.39, 0.29) is 0 Å². The molecular formula is C10H14O4. The van der Waals surface area contributed by atoms with Crippen LogP contribution in [-0.2, 0) is 14.3 Å². The molecule has 0 unspecified atom stereocenters. The highest BCUT2D eigenvalue weighted by Gasteiger charge is 2.45. The first-order valence-corrected chi connectivity index (χ1v) is 4.33. The van der Waals surface area contributed by atoms with Crippen molar-refractivity contribution in [2.75, 3.05) is 13.7 Å². The molecule has 0 aromatic carbocycles. The van der Waals surface area contributed by atoms with Crippen LogP contribution in [0.25, 0.3) is 0 Å². The molecule has 0 bridgehead atoms. The van der Waals surface area contributed by atoms with Gasteiger partial charge in [-0.3, -0.25) is 0 Å². The molecule has 0 amide bonds. The van der Waals surface area contributed by atoms with Gasteiger partial charge in [0.15, 0.2) is 0 Å². The third-order valence-electron chi connectivity index (χ3n) is 2.06. The van der Waals surface area contributed by atoms with Crippen molar-refractivity contribution in [3.05, 3.63) is 24.3 Å². The Balaban J connectivity index is 2.33. The van der Waals surface area contributed by atoms with Crippen LogP contribution in [0.1, 0.15) is 6.92 Å². The van der Waals surface area contributed by atoms with Gasteiger partial charge in [-0.15, -0.1) is 0 Å². The van der Waals surface area contributed by atoms with Gasteiger partial charge >= 0.3 is 5.97 Å². The molecule has 0 aliphatic carbocycles. The molecule has 0 aromatic heterocycles. The molecule has 14 heavy (non-hydrogen) atoms. The first kappa shape index (κ1) is 10.9. The van der Waals surface area contributed by atoms with Crippen molar-refractivity contribution < 1.29 is 19.4 Å². The zero-order chi connectivity index (χ0) is 10.6. The van der Waals surface area contributed by atoms with E-state index in [0.29, 0.717) is 6.61 Å². The fourth-order valence-electron chi connectivity index (χ4n) is 0.860. The normalized spacial score (nSPS) is 28.2. The Morgan fingerprint density at radius 1 is 1.64 bits per heavy atom. The van der Waals surface area contributed by atoms with E-state index in [1.54, 1.807) is 12.2 Å². The number of aliphatic hydroxyl groups is 1. The Kier molecular flexibility index (Phi) is 3.43. The lowest BCUT2D eigenvalue weighted by atomic mass is 10.1. The summed E-state index contributed by atoms with van der Waals surface area (Å²) in [6, 6.07) is 0. The number of epoxide rings is 1. The Morgan fingerprint density at radius 2 is 2.29 bits per heavy atom. The minimum absolute atomic E-state index is 0.418. The molecule has 1 aliphatic rings. The summed E-state index contributed by atoms with van der Waals surface area (Å²) < 4.78 is 9.43. The van der Waals surface area contributed by atoms with Gasteiger partial charge in [-0.25, -0.2) is 4.79 Å². The Bertz CT molecular complexity index is 263. The van der Waals surface area contributed by atoms with Gasteiger partial charge in [-0.1, -0.05) is 18.2 Å². The van der Waals surface area contributed by atoms with Crippen LogP contribution < -0.4 is 0 Å². The number of hydrogen-bond donors (Lipinski definition) is 1.